The van der Waals surface area contributed by atoms with Crippen LogP contribution in [0.15, 0.2) is 77.2 Å². The molecule has 0 bridgehead atoms. The molecule has 32 heavy (non-hydrogen) atoms. The van der Waals surface area contributed by atoms with E-state index in [1.54, 1.807) is 17.6 Å². The van der Waals surface area contributed by atoms with Crippen LogP contribution in [-0.2, 0) is 6.42 Å². The van der Waals surface area contributed by atoms with Crippen molar-refractivity contribution in [3.8, 4) is 0 Å². The Hall–Kier alpha value is -4.04. The Kier molecular flexibility index (Phi) is 5.35. The highest BCUT2D eigenvalue weighted by Crippen LogP contribution is 2.28. The van der Waals surface area contributed by atoms with Crippen molar-refractivity contribution in [2.45, 2.75) is 6.42 Å². The topological polar surface area (TPSA) is 98.2 Å². The van der Waals surface area contributed by atoms with Crippen molar-refractivity contribution in [1.82, 2.24) is 20.0 Å². The molecule has 3 aromatic heterocycles. The zero-order chi connectivity index (χ0) is 21.9. The number of aromatic nitrogens is 3. The van der Waals surface area contributed by atoms with Crippen molar-refractivity contribution in [3.63, 3.8) is 0 Å². The average Bonchev–Trinajstić information content (AvgIpc) is 3.42. The normalized spacial score (nSPS) is 11.5. The fourth-order valence-corrected chi connectivity index (χ4v) is 4.10. The van der Waals surface area contributed by atoms with Gasteiger partial charge in [0.25, 0.3) is 5.91 Å². The largest absolute Gasteiger partial charge is 0.383 e. The summed E-state index contributed by atoms with van der Waals surface area (Å²) in [5.41, 5.74) is 10.1. The van der Waals surface area contributed by atoms with Gasteiger partial charge in [-0.25, -0.2) is 9.97 Å². The highest BCUT2D eigenvalue weighted by Gasteiger charge is 2.23. The van der Waals surface area contributed by atoms with Gasteiger partial charge in [-0.15, -0.1) is 11.3 Å². The van der Waals surface area contributed by atoms with Gasteiger partial charge in [0.1, 0.15) is 16.9 Å². The van der Waals surface area contributed by atoms with Crippen LogP contribution in [0.2, 0.25) is 0 Å². The van der Waals surface area contributed by atoms with Crippen LogP contribution < -0.4 is 11.1 Å². The molecular formula is C24H20N6OS. The second-order valence-electron chi connectivity index (χ2n) is 7.21. The molecule has 3 heterocycles. The lowest BCUT2D eigenvalue weighted by Gasteiger charge is -2.05. The van der Waals surface area contributed by atoms with Gasteiger partial charge in [0.05, 0.1) is 17.2 Å². The highest BCUT2D eigenvalue weighted by atomic mass is 32.1. The molecule has 0 saturated carbocycles. The van der Waals surface area contributed by atoms with Crippen molar-refractivity contribution < 1.29 is 4.79 Å². The number of para-hydroxylation sites is 2. The van der Waals surface area contributed by atoms with E-state index in [-0.39, 0.29) is 17.3 Å². The van der Waals surface area contributed by atoms with Crippen LogP contribution in [0.1, 0.15) is 20.8 Å². The number of anilines is 1. The van der Waals surface area contributed by atoms with Crippen molar-refractivity contribution >= 4 is 51.5 Å². The van der Waals surface area contributed by atoms with E-state index in [1.807, 2.05) is 72.1 Å². The molecule has 0 radical (unpaired) electrons. The Morgan fingerprint density at radius 3 is 2.53 bits per heavy atom. The SMILES string of the molecule is Nc1c(C(=O)NCCc2ccccc2)c2nc3ccccc3nc2n1/N=C\c1cccs1. The third kappa shape index (κ3) is 3.83. The highest BCUT2D eigenvalue weighted by molar-refractivity contribution is 7.11. The summed E-state index contributed by atoms with van der Waals surface area (Å²) in [6.45, 7) is 0.481. The van der Waals surface area contributed by atoms with Gasteiger partial charge in [0.2, 0.25) is 0 Å². The van der Waals surface area contributed by atoms with E-state index in [0.717, 1.165) is 16.9 Å². The summed E-state index contributed by atoms with van der Waals surface area (Å²) in [7, 11) is 0. The minimum absolute atomic E-state index is 0.209. The van der Waals surface area contributed by atoms with E-state index in [1.165, 1.54) is 4.68 Å². The van der Waals surface area contributed by atoms with Gasteiger partial charge < -0.3 is 11.1 Å². The Morgan fingerprint density at radius 2 is 1.78 bits per heavy atom. The van der Waals surface area contributed by atoms with Gasteiger partial charge in [-0.1, -0.05) is 48.5 Å². The minimum Gasteiger partial charge on any atom is -0.383 e. The molecule has 0 aliphatic rings. The lowest BCUT2D eigenvalue weighted by atomic mass is 10.1. The molecule has 0 saturated heterocycles. The maximum Gasteiger partial charge on any atom is 0.257 e. The number of carbonyl (C=O) groups is 1. The predicted octanol–water partition coefficient (Wildman–Crippen LogP) is 4.08. The molecular weight excluding hydrogens is 420 g/mol. The van der Waals surface area contributed by atoms with E-state index in [2.05, 4.69) is 10.4 Å². The summed E-state index contributed by atoms with van der Waals surface area (Å²) < 4.78 is 1.49. The molecule has 5 rings (SSSR count). The number of amides is 1. The second kappa shape index (κ2) is 8.60. The van der Waals surface area contributed by atoms with E-state index < -0.39 is 0 Å². The van der Waals surface area contributed by atoms with Crippen LogP contribution in [-0.4, -0.2) is 33.3 Å². The number of hydrogen-bond acceptors (Lipinski definition) is 6. The molecule has 0 atom stereocenters. The Morgan fingerprint density at radius 1 is 1.03 bits per heavy atom. The average molecular weight is 441 g/mol. The van der Waals surface area contributed by atoms with Gasteiger partial charge in [0, 0.05) is 11.4 Å². The van der Waals surface area contributed by atoms with E-state index in [0.29, 0.717) is 28.7 Å². The monoisotopic (exact) mass is 440 g/mol. The number of fused-ring (bicyclic) bond motifs is 2. The van der Waals surface area contributed by atoms with Crippen molar-refractivity contribution in [1.29, 1.82) is 0 Å². The fraction of sp³-hybridized carbons (Fsp3) is 0.0833. The first-order valence-electron chi connectivity index (χ1n) is 10.2. The smallest absolute Gasteiger partial charge is 0.257 e. The summed E-state index contributed by atoms with van der Waals surface area (Å²) in [6, 6.07) is 21.4. The summed E-state index contributed by atoms with van der Waals surface area (Å²) in [5, 5.41) is 9.44. The van der Waals surface area contributed by atoms with E-state index in [9.17, 15) is 4.79 Å². The first kappa shape index (κ1) is 19.9. The lowest BCUT2D eigenvalue weighted by molar-refractivity contribution is 0.0956. The van der Waals surface area contributed by atoms with E-state index >= 15 is 0 Å². The quantitative estimate of drug-likeness (QED) is 0.389. The van der Waals surface area contributed by atoms with Crippen LogP contribution in [0.3, 0.4) is 0 Å². The summed E-state index contributed by atoms with van der Waals surface area (Å²) in [5.74, 6) is -0.0848. The van der Waals surface area contributed by atoms with Crippen LogP contribution in [0, 0.1) is 0 Å². The molecule has 7 nitrogen and oxygen atoms in total. The Bertz CT molecular complexity index is 1420. The van der Waals surface area contributed by atoms with E-state index in [4.69, 9.17) is 15.7 Å². The molecule has 0 unspecified atom stereocenters. The second-order valence-corrected chi connectivity index (χ2v) is 8.19. The van der Waals surface area contributed by atoms with Gasteiger partial charge in [-0.05, 0) is 35.6 Å². The molecule has 0 fully saturated rings. The Balaban J connectivity index is 1.53. The molecule has 1 amide bonds. The molecule has 0 aliphatic heterocycles. The van der Waals surface area contributed by atoms with Crippen LogP contribution in [0.5, 0.6) is 0 Å². The maximum atomic E-state index is 13.1. The number of rotatable bonds is 6. The van der Waals surface area contributed by atoms with Crippen molar-refractivity contribution in [2.24, 2.45) is 5.10 Å². The minimum atomic E-state index is -0.293. The van der Waals surface area contributed by atoms with Crippen molar-refractivity contribution in [3.05, 3.63) is 88.1 Å². The summed E-state index contributed by atoms with van der Waals surface area (Å²) >= 11 is 1.56. The first-order chi connectivity index (χ1) is 15.7. The number of nitrogens with zero attached hydrogens (tertiary/aromatic N) is 4. The fourth-order valence-electron chi connectivity index (χ4n) is 3.52. The van der Waals surface area contributed by atoms with Gasteiger partial charge in [-0.3, -0.25) is 4.79 Å². The summed E-state index contributed by atoms with van der Waals surface area (Å²) in [4.78, 5) is 23.5. The summed E-state index contributed by atoms with van der Waals surface area (Å²) in [6.07, 6.45) is 2.42. The number of nitrogens with two attached hydrogens (primary N) is 1. The molecule has 2 aromatic carbocycles. The number of carbonyl (C=O) groups excluding carboxylic acids is 1. The molecule has 0 aliphatic carbocycles. The number of nitrogens with one attached hydrogen (secondary N) is 1. The van der Waals surface area contributed by atoms with Gasteiger partial charge >= 0.3 is 0 Å². The number of benzene rings is 2. The number of thiophene rings is 1. The van der Waals surface area contributed by atoms with Crippen molar-refractivity contribution in [2.75, 3.05) is 12.3 Å². The van der Waals surface area contributed by atoms with Crippen LogP contribution in [0.25, 0.3) is 22.2 Å². The molecule has 3 N–H and O–H groups in total. The first-order valence-corrected chi connectivity index (χ1v) is 11.1. The third-order valence-electron chi connectivity index (χ3n) is 5.09. The number of nitrogen functional groups attached to an aromatic ring is 1. The third-order valence-corrected chi connectivity index (χ3v) is 5.89. The standard InChI is InChI=1S/C24H20N6OS/c25-22-20(24(31)26-13-12-16-7-2-1-3-8-16)21-23(29-19-11-5-4-10-18(19)28-21)30(22)27-15-17-9-6-14-32-17/h1-11,14-15H,12-13,25H2,(H,26,31)/b27-15-. The Labute approximate surface area is 188 Å². The predicted molar refractivity (Wildman–Crippen MR) is 129 cm³/mol. The number of hydrogen-bond donors (Lipinski definition) is 2. The molecule has 5 aromatic rings. The molecule has 158 valence electrons. The lowest BCUT2D eigenvalue weighted by Crippen LogP contribution is -2.26. The van der Waals surface area contributed by atoms with Gasteiger partial charge in [-0.2, -0.15) is 9.78 Å². The maximum absolute atomic E-state index is 13.1. The zero-order valence-corrected chi connectivity index (χ0v) is 17.9. The molecule has 0 spiro atoms. The van der Waals surface area contributed by atoms with Crippen LogP contribution in [0.4, 0.5) is 5.82 Å². The zero-order valence-electron chi connectivity index (χ0n) is 17.1. The van der Waals surface area contributed by atoms with Crippen LogP contribution >= 0.6 is 11.3 Å². The van der Waals surface area contributed by atoms with Gasteiger partial charge in [0.15, 0.2) is 5.65 Å². The molecule has 8 heteroatoms.